The Morgan fingerprint density at radius 3 is 2.28 bits per heavy atom. The summed E-state index contributed by atoms with van der Waals surface area (Å²) in [5, 5.41) is 17.8. The van der Waals surface area contributed by atoms with Gasteiger partial charge in [0.05, 0.1) is 34.0 Å². The van der Waals surface area contributed by atoms with Crippen LogP contribution in [0.4, 0.5) is 5.69 Å². The molecule has 3 aromatic heterocycles. The number of aromatic nitrogens is 4. The van der Waals surface area contributed by atoms with Gasteiger partial charge >= 0.3 is 5.97 Å². The first kappa shape index (κ1) is 39.1. The highest BCUT2D eigenvalue weighted by Crippen LogP contribution is 2.46. The summed E-state index contributed by atoms with van der Waals surface area (Å²) in [6.45, 7) is 11.1. The lowest BCUT2D eigenvalue weighted by atomic mass is 9.98. The van der Waals surface area contributed by atoms with Crippen LogP contribution >= 0.6 is 23.2 Å². The Morgan fingerprint density at radius 2 is 1.60 bits per heavy atom. The molecule has 298 valence electrons. The highest BCUT2D eigenvalue weighted by atomic mass is 35.5. The number of aromatic carboxylic acids is 1. The van der Waals surface area contributed by atoms with Crippen LogP contribution < -0.4 is 14.4 Å². The minimum absolute atomic E-state index is 0.108. The highest BCUT2D eigenvalue weighted by molar-refractivity contribution is 6.35. The van der Waals surface area contributed by atoms with Gasteiger partial charge in [0.2, 0.25) is 0 Å². The predicted molar refractivity (Wildman–Crippen MR) is 230 cm³/mol. The van der Waals surface area contributed by atoms with E-state index in [9.17, 15) is 9.90 Å². The zero-order valence-corrected chi connectivity index (χ0v) is 35.1. The van der Waals surface area contributed by atoms with Gasteiger partial charge in [0.15, 0.2) is 0 Å². The number of benzene rings is 4. The van der Waals surface area contributed by atoms with Crippen LogP contribution in [-0.4, -0.2) is 49.0 Å². The van der Waals surface area contributed by atoms with Gasteiger partial charge in [0.1, 0.15) is 29.5 Å². The number of rotatable bonds is 11. The standard InChI is InChI=1S/C46H45Cl2N5O5/c1-25-18-31(19-26(2)42(25)48)57-17-11-14-33-34-15-16-36(47)41(40-28(4)49-51(7)29(40)5)43(34)53-27(3)23-52(45(54)44(33)53)38-21-32(58-24-30-12-9-8-10-13-30)20-37-35(38)22-39(46(55)56)50(37)6/h8-10,12-13,15-16,18-22,27H,11,14,17,23-24H2,1-7H3,(H,55,56)/t27-/m1/s1. The molecule has 10 nitrogen and oxygen atoms in total. The van der Waals surface area contributed by atoms with Crippen LogP contribution in [0.5, 0.6) is 11.5 Å². The minimum atomic E-state index is -1.06. The molecular weight excluding hydrogens is 773 g/mol. The molecule has 1 aliphatic heterocycles. The molecule has 7 aromatic rings. The number of carboxylic acids is 1. The van der Waals surface area contributed by atoms with Crippen molar-refractivity contribution < 1.29 is 24.2 Å². The molecule has 0 saturated heterocycles. The fraction of sp³-hybridized carbons (Fsp3) is 0.283. The van der Waals surface area contributed by atoms with Gasteiger partial charge in [-0.15, -0.1) is 0 Å². The van der Waals surface area contributed by atoms with Gasteiger partial charge in [-0.05, 0) is 94.0 Å². The number of carbonyl (C=O) groups excluding carboxylic acids is 1. The van der Waals surface area contributed by atoms with Crippen LogP contribution in [-0.2, 0) is 27.1 Å². The second-order valence-corrected chi connectivity index (χ2v) is 16.1. The van der Waals surface area contributed by atoms with Crippen LogP contribution in [0.15, 0.2) is 72.8 Å². The number of carbonyl (C=O) groups is 2. The van der Waals surface area contributed by atoms with Gasteiger partial charge in [0, 0.05) is 71.4 Å². The van der Waals surface area contributed by atoms with E-state index in [0.29, 0.717) is 65.7 Å². The average Bonchev–Trinajstić information content (AvgIpc) is 3.80. The summed E-state index contributed by atoms with van der Waals surface area (Å²) in [4.78, 5) is 29.6. The van der Waals surface area contributed by atoms with Gasteiger partial charge in [-0.2, -0.15) is 5.10 Å². The number of ether oxygens (including phenoxy) is 2. The highest BCUT2D eigenvalue weighted by Gasteiger charge is 2.38. The molecule has 0 spiro atoms. The van der Waals surface area contributed by atoms with E-state index in [1.807, 2.05) is 106 Å². The average molecular weight is 819 g/mol. The van der Waals surface area contributed by atoms with E-state index in [4.69, 9.17) is 37.8 Å². The lowest BCUT2D eigenvalue weighted by Crippen LogP contribution is -2.42. The number of amides is 1. The Morgan fingerprint density at radius 1 is 0.897 bits per heavy atom. The normalized spacial score (nSPS) is 14.1. The van der Waals surface area contributed by atoms with Crippen LogP contribution in [0.2, 0.25) is 10.0 Å². The summed E-state index contributed by atoms with van der Waals surface area (Å²) in [7, 11) is 3.64. The third-order valence-electron chi connectivity index (χ3n) is 11.4. The van der Waals surface area contributed by atoms with Crippen LogP contribution in [0.1, 0.15) is 74.0 Å². The fourth-order valence-corrected chi connectivity index (χ4v) is 8.93. The Bertz CT molecular complexity index is 2760. The summed E-state index contributed by atoms with van der Waals surface area (Å²) >= 11 is 13.6. The molecule has 0 aliphatic carbocycles. The smallest absolute Gasteiger partial charge is 0.352 e. The summed E-state index contributed by atoms with van der Waals surface area (Å²) < 4.78 is 18.2. The predicted octanol–water partition coefficient (Wildman–Crippen LogP) is 10.6. The van der Waals surface area contributed by atoms with E-state index >= 15 is 4.79 Å². The molecule has 1 N–H and O–H groups in total. The number of anilines is 1. The Kier molecular flexibility index (Phi) is 10.3. The van der Waals surface area contributed by atoms with Crippen molar-refractivity contribution in [2.24, 2.45) is 14.1 Å². The molecule has 4 heterocycles. The first-order chi connectivity index (χ1) is 27.7. The molecule has 0 radical (unpaired) electrons. The minimum Gasteiger partial charge on any atom is -0.494 e. The number of fused-ring (bicyclic) bond motifs is 4. The first-order valence-corrected chi connectivity index (χ1v) is 20.1. The zero-order chi connectivity index (χ0) is 41.2. The van der Waals surface area contributed by atoms with Crippen molar-refractivity contribution in [3.8, 4) is 22.6 Å². The van der Waals surface area contributed by atoms with E-state index in [1.165, 1.54) is 0 Å². The van der Waals surface area contributed by atoms with Crippen molar-refractivity contribution in [1.82, 2.24) is 18.9 Å². The van der Waals surface area contributed by atoms with Gasteiger partial charge < -0.3 is 28.6 Å². The van der Waals surface area contributed by atoms with E-state index in [0.717, 1.165) is 66.4 Å². The van der Waals surface area contributed by atoms with Crippen LogP contribution in [0.25, 0.3) is 32.9 Å². The lowest BCUT2D eigenvalue weighted by Gasteiger charge is -2.35. The molecule has 4 aromatic carbocycles. The summed E-state index contributed by atoms with van der Waals surface area (Å²) in [6.07, 6.45) is 1.18. The van der Waals surface area contributed by atoms with Crippen molar-refractivity contribution in [2.75, 3.05) is 18.1 Å². The van der Waals surface area contributed by atoms with Crippen molar-refractivity contribution in [2.45, 2.75) is 60.1 Å². The maximum Gasteiger partial charge on any atom is 0.352 e. The largest absolute Gasteiger partial charge is 0.494 e. The molecule has 0 fully saturated rings. The van der Waals surface area contributed by atoms with Gasteiger partial charge in [-0.25, -0.2) is 4.79 Å². The molecule has 0 unspecified atom stereocenters. The lowest BCUT2D eigenvalue weighted by molar-refractivity contribution is 0.0686. The Hall–Kier alpha value is -5.71. The second kappa shape index (κ2) is 15.2. The number of nitrogens with zero attached hydrogens (tertiary/aromatic N) is 5. The van der Waals surface area contributed by atoms with Crippen molar-refractivity contribution >= 4 is 62.6 Å². The molecule has 1 amide bonds. The van der Waals surface area contributed by atoms with E-state index in [2.05, 4.69) is 11.5 Å². The molecule has 1 atom stereocenters. The maximum atomic E-state index is 15.4. The number of halogens is 2. The summed E-state index contributed by atoms with van der Waals surface area (Å²) in [5.74, 6) is 0.0158. The molecular formula is C46H45Cl2N5O5. The number of hydrogen-bond donors (Lipinski definition) is 1. The van der Waals surface area contributed by atoms with Crippen molar-refractivity contribution in [1.29, 1.82) is 0 Å². The van der Waals surface area contributed by atoms with Crippen molar-refractivity contribution in [3.05, 3.63) is 128 Å². The quantitative estimate of drug-likeness (QED) is 0.130. The third-order valence-corrected chi connectivity index (χ3v) is 12.3. The van der Waals surface area contributed by atoms with Gasteiger partial charge in [0.25, 0.3) is 5.91 Å². The Balaban J connectivity index is 1.27. The number of hydrogen-bond acceptors (Lipinski definition) is 5. The van der Waals surface area contributed by atoms with Crippen molar-refractivity contribution in [3.63, 3.8) is 0 Å². The van der Waals surface area contributed by atoms with Gasteiger partial charge in [-0.1, -0.05) is 59.6 Å². The van der Waals surface area contributed by atoms with Crippen LogP contribution in [0.3, 0.4) is 0 Å². The molecule has 58 heavy (non-hydrogen) atoms. The zero-order valence-electron chi connectivity index (χ0n) is 33.6. The SMILES string of the molecule is Cc1cc(OCCCc2c3n(c4c(-c5c(C)nn(C)c5C)c(Cl)ccc24)[C@H](C)CN(c2cc(OCc4ccccc4)cc4c2cc(C(=O)O)n4C)C3=O)cc(C)c1Cl. The molecule has 0 saturated carbocycles. The molecule has 12 heteroatoms. The summed E-state index contributed by atoms with van der Waals surface area (Å²) in [6, 6.07) is 22.8. The second-order valence-electron chi connectivity index (χ2n) is 15.3. The topological polar surface area (TPSA) is 104 Å². The van der Waals surface area contributed by atoms with E-state index in [1.54, 1.807) is 22.6 Å². The molecule has 8 rings (SSSR count). The van der Waals surface area contributed by atoms with Gasteiger partial charge in [-0.3, -0.25) is 9.48 Å². The fourth-order valence-electron chi connectivity index (χ4n) is 8.58. The first-order valence-electron chi connectivity index (χ1n) is 19.4. The van der Waals surface area contributed by atoms with E-state index < -0.39 is 5.97 Å². The third kappa shape index (κ3) is 6.68. The molecule has 0 bridgehead atoms. The summed E-state index contributed by atoms with van der Waals surface area (Å²) in [5.41, 5.74) is 10.2. The maximum absolute atomic E-state index is 15.4. The number of aryl methyl sites for hydroxylation is 6. The number of carboxylic acid groups (broad SMARTS) is 1. The van der Waals surface area contributed by atoms with Crippen LogP contribution in [0, 0.1) is 27.7 Å². The monoisotopic (exact) mass is 817 g/mol. The molecule has 1 aliphatic rings. The Labute approximate surface area is 347 Å². The van der Waals surface area contributed by atoms with E-state index in [-0.39, 0.29) is 17.6 Å².